The van der Waals surface area contributed by atoms with Crippen LogP contribution in [0.1, 0.15) is 24.0 Å². The van der Waals surface area contributed by atoms with Crippen LogP contribution in [-0.2, 0) is 16.1 Å². The molecule has 0 aliphatic carbocycles. The first-order valence-electron chi connectivity index (χ1n) is 7.02. The van der Waals surface area contributed by atoms with Gasteiger partial charge in [0.15, 0.2) is 0 Å². The normalized spacial score (nSPS) is 17.4. The van der Waals surface area contributed by atoms with Crippen molar-refractivity contribution in [3.63, 3.8) is 0 Å². The second-order valence-electron chi connectivity index (χ2n) is 5.28. The lowest BCUT2D eigenvalue weighted by Gasteiger charge is -2.31. The number of likely N-dealkylation sites (tertiary alicyclic amines) is 1. The Kier molecular flexibility index (Phi) is 5.47. The molecule has 1 aliphatic rings. The Balaban J connectivity index is 2.01. The van der Waals surface area contributed by atoms with E-state index < -0.39 is 5.97 Å². The number of benzene rings is 1. The van der Waals surface area contributed by atoms with Gasteiger partial charge in [-0.1, -0.05) is 6.07 Å². The van der Waals surface area contributed by atoms with Gasteiger partial charge < -0.3 is 9.84 Å². The first-order valence-corrected chi connectivity index (χ1v) is 7.02. The number of aliphatic carboxylic acids is 1. The maximum absolute atomic E-state index is 13.6. The standard InChI is InChI=1S/C16H20FNO3/c1-21-15-4-6-18(7-5-15)11-13-8-12(2-3-16(19)20)9-14(17)10-13/h2-3,8-10,15H,4-7,11H2,1H3,(H,19,20). The Labute approximate surface area is 123 Å². The molecule has 1 aromatic rings. The zero-order chi connectivity index (χ0) is 15.2. The number of methoxy groups -OCH3 is 1. The van der Waals surface area contributed by atoms with Crippen LogP contribution in [0.15, 0.2) is 24.3 Å². The summed E-state index contributed by atoms with van der Waals surface area (Å²) >= 11 is 0. The summed E-state index contributed by atoms with van der Waals surface area (Å²) in [6.45, 7) is 2.52. The summed E-state index contributed by atoms with van der Waals surface area (Å²) in [5, 5.41) is 8.62. The number of hydrogen-bond acceptors (Lipinski definition) is 3. The molecule has 0 unspecified atom stereocenters. The average molecular weight is 293 g/mol. The van der Waals surface area contributed by atoms with E-state index in [-0.39, 0.29) is 5.82 Å². The number of halogens is 1. The molecule has 0 atom stereocenters. The minimum atomic E-state index is -1.04. The smallest absolute Gasteiger partial charge is 0.328 e. The highest BCUT2D eigenvalue weighted by Crippen LogP contribution is 2.18. The predicted molar refractivity (Wildman–Crippen MR) is 78.4 cm³/mol. The lowest BCUT2D eigenvalue weighted by Crippen LogP contribution is -2.36. The van der Waals surface area contributed by atoms with Crippen LogP contribution in [0, 0.1) is 5.82 Å². The summed E-state index contributed by atoms with van der Waals surface area (Å²) in [6.07, 6.45) is 4.71. The average Bonchev–Trinajstić information content (AvgIpc) is 2.45. The third-order valence-electron chi connectivity index (χ3n) is 3.67. The minimum absolute atomic E-state index is 0.322. The molecule has 1 aromatic carbocycles. The van der Waals surface area contributed by atoms with E-state index in [0.717, 1.165) is 37.6 Å². The number of piperidine rings is 1. The van der Waals surface area contributed by atoms with Gasteiger partial charge in [0.1, 0.15) is 5.82 Å². The fraction of sp³-hybridized carbons (Fsp3) is 0.438. The van der Waals surface area contributed by atoms with E-state index in [1.54, 1.807) is 7.11 Å². The van der Waals surface area contributed by atoms with Crippen LogP contribution in [0.4, 0.5) is 4.39 Å². The van der Waals surface area contributed by atoms with E-state index in [1.807, 2.05) is 6.07 Å². The Morgan fingerprint density at radius 2 is 2.14 bits per heavy atom. The Hall–Kier alpha value is -1.72. The summed E-state index contributed by atoms with van der Waals surface area (Å²) in [6, 6.07) is 4.66. The fourth-order valence-electron chi connectivity index (χ4n) is 2.59. The molecular weight excluding hydrogens is 273 g/mol. The Morgan fingerprint density at radius 3 is 2.76 bits per heavy atom. The summed E-state index contributed by atoms with van der Waals surface area (Å²) in [7, 11) is 1.73. The van der Waals surface area contributed by atoms with Gasteiger partial charge in [-0.15, -0.1) is 0 Å². The summed E-state index contributed by atoms with van der Waals surface area (Å²) in [4.78, 5) is 12.8. The SMILES string of the molecule is COC1CCN(Cc2cc(F)cc(C=CC(=O)O)c2)CC1. The first kappa shape index (κ1) is 15.7. The highest BCUT2D eigenvalue weighted by molar-refractivity contribution is 5.85. The summed E-state index contributed by atoms with van der Waals surface area (Å²) in [5.41, 5.74) is 1.43. The molecule has 1 N–H and O–H groups in total. The topological polar surface area (TPSA) is 49.8 Å². The molecule has 1 fully saturated rings. The van der Waals surface area contributed by atoms with Crippen molar-refractivity contribution in [3.05, 3.63) is 41.2 Å². The van der Waals surface area contributed by atoms with Gasteiger partial charge in [0.2, 0.25) is 0 Å². The molecule has 0 radical (unpaired) electrons. The number of carboxylic acid groups (broad SMARTS) is 1. The molecule has 0 amide bonds. The quantitative estimate of drug-likeness (QED) is 0.848. The minimum Gasteiger partial charge on any atom is -0.478 e. The highest BCUT2D eigenvalue weighted by Gasteiger charge is 2.18. The molecule has 5 heteroatoms. The van der Waals surface area contributed by atoms with Crippen molar-refractivity contribution in [2.24, 2.45) is 0 Å². The largest absolute Gasteiger partial charge is 0.478 e. The van der Waals surface area contributed by atoms with E-state index in [0.29, 0.717) is 18.2 Å². The summed E-state index contributed by atoms with van der Waals surface area (Å²) in [5.74, 6) is -1.38. The van der Waals surface area contributed by atoms with Crippen LogP contribution in [0.2, 0.25) is 0 Å². The van der Waals surface area contributed by atoms with Crippen LogP contribution in [0.3, 0.4) is 0 Å². The van der Waals surface area contributed by atoms with E-state index in [2.05, 4.69) is 4.90 Å². The van der Waals surface area contributed by atoms with Crippen LogP contribution >= 0.6 is 0 Å². The number of carbonyl (C=O) groups is 1. The molecule has 0 bridgehead atoms. The monoisotopic (exact) mass is 293 g/mol. The van der Waals surface area contributed by atoms with Crippen molar-refractivity contribution >= 4 is 12.0 Å². The van der Waals surface area contributed by atoms with Crippen molar-refractivity contribution in [3.8, 4) is 0 Å². The van der Waals surface area contributed by atoms with E-state index in [4.69, 9.17) is 9.84 Å². The molecule has 114 valence electrons. The summed E-state index contributed by atoms with van der Waals surface area (Å²) < 4.78 is 18.9. The molecule has 1 heterocycles. The van der Waals surface area contributed by atoms with E-state index in [9.17, 15) is 9.18 Å². The van der Waals surface area contributed by atoms with Gasteiger partial charge in [0.25, 0.3) is 0 Å². The highest BCUT2D eigenvalue weighted by atomic mass is 19.1. The molecule has 2 rings (SSSR count). The molecule has 1 saturated heterocycles. The fourth-order valence-corrected chi connectivity index (χ4v) is 2.59. The molecule has 4 nitrogen and oxygen atoms in total. The molecule has 0 saturated carbocycles. The first-order chi connectivity index (χ1) is 10.1. The van der Waals surface area contributed by atoms with E-state index in [1.165, 1.54) is 18.2 Å². The van der Waals surface area contributed by atoms with Crippen LogP contribution in [0.5, 0.6) is 0 Å². The number of ether oxygens (including phenoxy) is 1. The van der Waals surface area contributed by atoms with E-state index >= 15 is 0 Å². The van der Waals surface area contributed by atoms with Crippen LogP contribution in [0.25, 0.3) is 6.08 Å². The van der Waals surface area contributed by atoms with Crippen molar-refractivity contribution in [2.75, 3.05) is 20.2 Å². The van der Waals surface area contributed by atoms with Gasteiger partial charge in [0.05, 0.1) is 6.10 Å². The molecule has 21 heavy (non-hydrogen) atoms. The lowest BCUT2D eigenvalue weighted by atomic mass is 10.1. The zero-order valence-corrected chi connectivity index (χ0v) is 12.1. The third kappa shape index (κ3) is 4.95. The second kappa shape index (κ2) is 7.33. The molecule has 0 aromatic heterocycles. The van der Waals surface area contributed by atoms with Gasteiger partial charge in [-0.3, -0.25) is 4.90 Å². The van der Waals surface area contributed by atoms with Crippen molar-refractivity contribution in [1.82, 2.24) is 4.90 Å². The maximum Gasteiger partial charge on any atom is 0.328 e. The third-order valence-corrected chi connectivity index (χ3v) is 3.67. The number of nitrogens with zero attached hydrogens (tertiary/aromatic N) is 1. The lowest BCUT2D eigenvalue weighted by molar-refractivity contribution is -0.131. The van der Waals surface area contributed by atoms with Crippen molar-refractivity contribution in [1.29, 1.82) is 0 Å². The van der Waals surface area contributed by atoms with Crippen molar-refractivity contribution in [2.45, 2.75) is 25.5 Å². The second-order valence-corrected chi connectivity index (χ2v) is 5.28. The van der Waals surface area contributed by atoms with Gasteiger partial charge in [0, 0.05) is 32.8 Å². The number of carboxylic acids is 1. The molecular formula is C16H20FNO3. The van der Waals surface area contributed by atoms with Gasteiger partial charge in [-0.05, 0) is 42.2 Å². The zero-order valence-electron chi connectivity index (χ0n) is 12.1. The Bertz CT molecular complexity index is 522. The predicted octanol–water partition coefficient (Wildman–Crippen LogP) is 2.53. The van der Waals surface area contributed by atoms with Gasteiger partial charge in [-0.2, -0.15) is 0 Å². The number of hydrogen-bond donors (Lipinski definition) is 1. The molecule has 0 spiro atoms. The van der Waals surface area contributed by atoms with Crippen LogP contribution in [-0.4, -0.2) is 42.3 Å². The van der Waals surface area contributed by atoms with Crippen molar-refractivity contribution < 1.29 is 19.0 Å². The Morgan fingerprint density at radius 1 is 1.43 bits per heavy atom. The number of rotatable bonds is 5. The molecule has 1 aliphatic heterocycles. The van der Waals surface area contributed by atoms with Crippen LogP contribution < -0.4 is 0 Å². The van der Waals surface area contributed by atoms with Gasteiger partial charge in [-0.25, -0.2) is 9.18 Å². The van der Waals surface area contributed by atoms with Gasteiger partial charge >= 0.3 is 5.97 Å². The maximum atomic E-state index is 13.6.